The molecule has 0 bridgehead atoms. The second kappa shape index (κ2) is 9.75. The van der Waals surface area contributed by atoms with Crippen LogP contribution < -0.4 is 15.5 Å². The quantitative estimate of drug-likeness (QED) is 0.488. The highest BCUT2D eigenvalue weighted by molar-refractivity contribution is 6.30. The van der Waals surface area contributed by atoms with Crippen LogP contribution in [0.1, 0.15) is 29.8 Å². The predicted octanol–water partition coefficient (Wildman–Crippen LogP) is 2.96. The zero-order chi connectivity index (χ0) is 20.7. The zero-order valence-electron chi connectivity index (χ0n) is 15.8. The van der Waals surface area contributed by atoms with Gasteiger partial charge in [0, 0.05) is 16.1 Å². The number of carbonyl (C=O) groups excluding carboxylic acids is 2. The lowest BCUT2D eigenvalue weighted by molar-refractivity contribution is -0.123. The van der Waals surface area contributed by atoms with E-state index in [-0.39, 0.29) is 17.6 Å². The first-order valence-corrected chi connectivity index (χ1v) is 8.96. The summed E-state index contributed by atoms with van der Waals surface area (Å²) in [7, 11) is 1.44. The van der Waals surface area contributed by atoms with Gasteiger partial charge in [0.15, 0.2) is 11.5 Å². The molecule has 0 saturated carbocycles. The number of phenolic OH excluding ortho intramolecular Hbond substituents is 1. The minimum absolute atomic E-state index is 0.0838. The molecule has 148 valence electrons. The summed E-state index contributed by atoms with van der Waals surface area (Å²) in [6.07, 6.45) is 1.30. The van der Waals surface area contributed by atoms with Crippen LogP contribution in [0.3, 0.4) is 0 Å². The zero-order valence-corrected chi connectivity index (χ0v) is 16.5. The van der Waals surface area contributed by atoms with Crippen molar-refractivity contribution in [1.82, 2.24) is 10.7 Å². The van der Waals surface area contributed by atoms with Crippen molar-refractivity contribution >= 4 is 29.6 Å². The standard InChI is InChI=1S/C20H22ClN3O4/c1-12(2)17(23-19(26)13-7-9-15(21)10-8-13)20(27)24-22-11-14-5-4-6-16(28-3)18(14)25/h4-12,17,25H,1-3H3,(H,23,26)(H,24,27). The molecule has 0 radical (unpaired) electrons. The number of hydrazone groups is 1. The van der Waals surface area contributed by atoms with Gasteiger partial charge in [-0.3, -0.25) is 9.59 Å². The second-order valence-electron chi connectivity index (χ2n) is 6.33. The fraction of sp³-hybridized carbons (Fsp3) is 0.250. The van der Waals surface area contributed by atoms with Crippen molar-refractivity contribution < 1.29 is 19.4 Å². The maximum Gasteiger partial charge on any atom is 0.262 e. The molecule has 0 spiro atoms. The summed E-state index contributed by atoms with van der Waals surface area (Å²) in [6.45, 7) is 3.62. The number of benzene rings is 2. The van der Waals surface area contributed by atoms with E-state index in [9.17, 15) is 14.7 Å². The smallest absolute Gasteiger partial charge is 0.262 e. The highest BCUT2D eigenvalue weighted by atomic mass is 35.5. The molecule has 1 atom stereocenters. The summed E-state index contributed by atoms with van der Waals surface area (Å²) < 4.78 is 5.02. The fourth-order valence-corrected chi connectivity index (χ4v) is 2.53. The van der Waals surface area contributed by atoms with E-state index in [4.69, 9.17) is 16.3 Å². The lowest BCUT2D eigenvalue weighted by Gasteiger charge is -2.20. The van der Waals surface area contributed by atoms with Crippen LogP contribution in [0.15, 0.2) is 47.6 Å². The maximum absolute atomic E-state index is 12.5. The van der Waals surface area contributed by atoms with Crippen molar-refractivity contribution in [3.8, 4) is 11.5 Å². The van der Waals surface area contributed by atoms with Gasteiger partial charge >= 0.3 is 0 Å². The number of hydrogen-bond donors (Lipinski definition) is 3. The van der Waals surface area contributed by atoms with E-state index >= 15 is 0 Å². The van der Waals surface area contributed by atoms with Crippen molar-refractivity contribution in [2.45, 2.75) is 19.9 Å². The number of hydrogen-bond acceptors (Lipinski definition) is 5. The number of ether oxygens (including phenoxy) is 1. The van der Waals surface area contributed by atoms with Crippen molar-refractivity contribution in [2.75, 3.05) is 7.11 Å². The van der Waals surface area contributed by atoms with Crippen molar-refractivity contribution in [1.29, 1.82) is 0 Å². The number of phenols is 1. The molecule has 0 saturated heterocycles. The third-order valence-corrected chi connectivity index (χ3v) is 4.22. The number of carbonyl (C=O) groups is 2. The van der Waals surface area contributed by atoms with Gasteiger partial charge in [-0.15, -0.1) is 0 Å². The minimum atomic E-state index is -0.792. The Morgan fingerprint density at radius 3 is 2.46 bits per heavy atom. The summed E-state index contributed by atoms with van der Waals surface area (Å²) in [4.78, 5) is 24.8. The summed E-state index contributed by atoms with van der Waals surface area (Å²) in [6, 6.07) is 10.5. The monoisotopic (exact) mass is 403 g/mol. The Labute approximate surface area is 168 Å². The molecule has 28 heavy (non-hydrogen) atoms. The Bertz CT molecular complexity index is 866. The highest BCUT2D eigenvalue weighted by Crippen LogP contribution is 2.27. The molecule has 0 aromatic heterocycles. The van der Waals surface area contributed by atoms with Crippen molar-refractivity contribution in [3.63, 3.8) is 0 Å². The third-order valence-electron chi connectivity index (χ3n) is 3.97. The molecular formula is C20H22ClN3O4. The van der Waals surface area contributed by atoms with Crippen LogP contribution in [0, 0.1) is 5.92 Å². The number of aromatic hydroxyl groups is 1. The molecule has 0 aliphatic heterocycles. The average Bonchev–Trinajstić information content (AvgIpc) is 2.67. The number of methoxy groups -OCH3 is 1. The van der Waals surface area contributed by atoms with Gasteiger partial charge in [0.2, 0.25) is 0 Å². The van der Waals surface area contributed by atoms with Gasteiger partial charge in [-0.05, 0) is 42.3 Å². The fourth-order valence-electron chi connectivity index (χ4n) is 2.40. The normalized spacial score (nSPS) is 12.0. The van der Waals surface area contributed by atoms with Crippen LogP contribution in [0.5, 0.6) is 11.5 Å². The lowest BCUT2D eigenvalue weighted by atomic mass is 10.0. The molecule has 2 rings (SSSR count). The second-order valence-corrected chi connectivity index (χ2v) is 6.77. The minimum Gasteiger partial charge on any atom is -0.504 e. The number of halogens is 1. The molecule has 7 nitrogen and oxygen atoms in total. The van der Waals surface area contributed by atoms with Crippen LogP contribution in [0.4, 0.5) is 0 Å². The molecule has 0 fully saturated rings. The van der Waals surface area contributed by atoms with Gasteiger partial charge in [-0.1, -0.05) is 31.5 Å². The molecule has 2 amide bonds. The first kappa shape index (κ1) is 21.2. The Morgan fingerprint density at radius 2 is 1.86 bits per heavy atom. The number of rotatable bonds is 7. The van der Waals surface area contributed by atoms with E-state index < -0.39 is 11.9 Å². The largest absolute Gasteiger partial charge is 0.504 e. The molecule has 2 aromatic carbocycles. The van der Waals surface area contributed by atoms with Crippen molar-refractivity contribution in [2.24, 2.45) is 11.0 Å². The lowest BCUT2D eigenvalue weighted by Crippen LogP contribution is -2.48. The van der Waals surface area contributed by atoms with E-state index in [1.807, 2.05) is 13.8 Å². The number of nitrogens with zero attached hydrogens (tertiary/aromatic N) is 1. The van der Waals surface area contributed by atoms with E-state index in [1.54, 1.807) is 42.5 Å². The molecule has 0 aliphatic carbocycles. The van der Waals surface area contributed by atoms with Gasteiger partial charge in [0.1, 0.15) is 6.04 Å². The third kappa shape index (κ3) is 5.47. The van der Waals surface area contributed by atoms with E-state index in [1.165, 1.54) is 13.3 Å². The highest BCUT2D eigenvalue weighted by Gasteiger charge is 2.24. The van der Waals surface area contributed by atoms with Crippen LogP contribution in [0.25, 0.3) is 0 Å². The number of nitrogens with one attached hydrogen (secondary N) is 2. The van der Waals surface area contributed by atoms with Gasteiger partial charge in [-0.2, -0.15) is 5.10 Å². The topological polar surface area (TPSA) is 100 Å². The van der Waals surface area contributed by atoms with Gasteiger partial charge in [-0.25, -0.2) is 5.43 Å². The molecule has 8 heteroatoms. The molecule has 0 heterocycles. The van der Waals surface area contributed by atoms with Gasteiger partial charge in [0.25, 0.3) is 11.8 Å². The number of para-hydroxylation sites is 1. The Kier molecular flexibility index (Phi) is 7.40. The van der Waals surface area contributed by atoms with E-state index in [0.29, 0.717) is 21.9 Å². The SMILES string of the molecule is COc1cccc(C=NNC(=O)C(NC(=O)c2ccc(Cl)cc2)C(C)C)c1O. The molecule has 2 aromatic rings. The van der Waals surface area contributed by atoms with Gasteiger partial charge < -0.3 is 15.2 Å². The van der Waals surface area contributed by atoms with Crippen molar-refractivity contribution in [3.05, 3.63) is 58.6 Å². The van der Waals surface area contributed by atoms with Crippen LogP contribution >= 0.6 is 11.6 Å². The molecule has 0 aliphatic rings. The van der Waals surface area contributed by atoms with E-state index in [2.05, 4.69) is 15.8 Å². The van der Waals surface area contributed by atoms with E-state index in [0.717, 1.165) is 0 Å². The number of amides is 2. The van der Waals surface area contributed by atoms with Gasteiger partial charge in [0.05, 0.1) is 13.3 Å². The predicted molar refractivity (Wildman–Crippen MR) is 108 cm³/mol. The first-order valence-electron chi connectivity index (χ1n) is 8.58. The molecular weight excluding hydrogens is 382 g/mol. The van der Waals surface area contributed by atoms with Crippen LogP contribution in [-0.2, 0) is 4.79 Å². The molecule has 3 N–H and O–H groups in total. The first-order chi connectivity index (χ1) is 13.3. The van der Waals surface area contributed by atoms with Crippen LogP contribution in [0.2, 0.25) is 5.02 Å². The van der Waals surface area contributed by atoms with Crippen LogP contribution in [-0.4, -0.2) is 36.3 Å². The summed E-state index contributed by atoms with van der Waals surface area (Å²) in [5.74, 6) is -0.822. The average molecular weight is 404 g/mol. The Morgan fingerprint density at radius 1 is 1.18 bits per heavy atom. The Hall–Kier alpha value is -3.06. The summed E-state index contributed by atoms with van der Waals surface area (Å²) >= 11 is 5.82. The summed E-state index contributed by atoms with van der Waals surface area (Å²) in [5.41, 5.74) is 3.16. The maximum atomic E-state index is 12.5. The molecule has 1 unspecified atom stereocenters. The summed E-state index contributed by atoms with van der Waals surface area (Å²) in [5, 5.41) is 17.1. The Balaban J connectivity index is 2.05.